The van der Waals surface area contributed by atoms with Gasteiger partial charge in [-0.1, -0.05) is 30.3 Å². The lowest BCUT2D eigenvalue weighted by molar-refractivity contribution is 1.32. The Morgan fingerprint density at radius 3 is 2.53 bits per heavy atom. The summed E-state index contributed by atoms with van der Waals surface area (Å²) in [7, 11) is 0. The molecule has 3 heteroatoms. The molecule has 0 saturated heterocycles. The molecule has 0 fully saturated rings. The molecule has 0 spiro atoms. The van der Waals surface area contributed by atoms with Crippen LogP contribution in [-0.2, 0) is 0 Å². The van der Waals surface area contributed by atoms with Crippen molar-refractivity contribution in [1.82, 2.24) is 9.97 Å². The molecular formula is C12H8N2S. The second-order valence-corrected chi connectivity index (χ2v) is 4.25. The van der Waals surface area contributed by atoms with E-state index in [0.717, 1.165) is 10.3 Å². The van der Waals surface area contributed by atoms with Gasteiger partial charge in [-0.3, -0.25) is 4.98 Å². The van der Waals surface area contributed by atoms with Crippen molar-refractivity contribution in [2.45, 2.75) is 0 Å². The lowest BCUT2D eigenvalue weighted by Crippen LogP contribution is -1.72. The molecular weight excluding hydrogens is 204 g/mol. The topological polar surface area (TPSA) is 25.8 Å². The lowest BCUT2D eigenvalue weighted by Gasteiger charge is -1.93. The third kappa shape index (κ3) is 1.51. The molecule has 2 heterocycles. The minimum atomic E-state index is 0.973. The molecule has 0 unspecified atom stereocenters. The molecule has 0 saturated carbocycles. The Morgan fingerprint density at radius 2 is 1.73 bits per heavy atom. The number of benzene rings is 1. The molecule has 0 aliphatic heterocycles. The van der Waals surface area contributed by atoms with E-state index in [2.05, 4.69) is 28.2 Å². The first-order chi connectivity index (χ1) is 7.43. The molecule has 72 valence electrons. The maximum atomic E-state index is 4.28. The van der Waals surface area contributed by atoms with Gasteiger partial charge in [0.1, 0.15) is 10.3 Å². The summed E-state index contributed by atoms with van der Waals surface area (Å²) in [5.74, 6) is 0. The van der Waals surface area contributed by atoms with Crippen molar-refractivity contribution < 1.29 is 0 Å². The summed E-state index contributed by atoms with van der Waals surface area (Å²) >= 11 is 1.68. The Labute approximate surface area is 91.2 Å². The third-order valence-electron chi connectivity index (χ3n) is 2.22. The van der Waals surface area contributed by atoms with Crippen molar-refractivity contribution in [1.29, 1.82) is 0 Å². The zero-order chi connectivity index (χ0) is 10.1. The fourth-order valence-corrected chi connectivity index (χ4v) is 2.48. The van der Waals surface area contributed by atoms with Crippen molar-refractivity contribution in [3.8, 4) is 10.4 Å². The minimum absolute atomic E-state index is 0.973. The predicted molar refractivity (Wildman–Crippen MR) is 62.9 cm³/mol. The number of hydrogen-bond donors (Lipinski definition) is 0. The zero-order valence-electron chi connectivity index (χ0n) is 7.92. The lowest BCUT2D eigenvalue weighted by atomic mass is 10.2. The first kappa shape index (κ1) is 8.56. The Balaban J connectivity index is 2.21. The van der Waals surface area contributed by atoms with Crippen molar-refractivity contribution >= 4 is 21.7 Å². The van der Waals surface area contributed by atoms with Crippen LogP contribution in [0, 0.1) is 0 Å². The van der Waals surface area contributed by atoms with Crippen LogP contribution in [0.15, 0.2) is 48.8 Å². The average Bonchev–Trinajstić information content (AvgIpc) is 2.74. The smallest absolute Gasteiger partial charge is 0.142 e. The molecule has 0 aliphatic rings. The number of aromatic nitrogens is 2. The van der Waals surface area contributed by atoms with Gasteiger partial charge in [-0.05, 0) is 11.6 Å². The van der Waals surface area contributed by atoms with E-state index < -0.39 is 0 Å². The molecule has 15 heavy (non-hydrogen) atoms. The maximum Gasteiger partial charge on any atom is 0.142 e. The Hall–Kier alpha value is -1.74. The van der Waals surface area contributed by atoms with E-state index >= 15 is 0 Å². The molecule has 0 atom stereocenters. The molecule has 0 aliphatic carbocycles. The van der Waals surface area contributed by atoms with E-state index in [1.807, 2.05) is 18.2 Å². The molecule has 1 aromatic carbocycles. The zero-order valence-corrected chi connectivity index (χ0v) is 8.74. The van der Waals surface area contributed by atoms with Crippen LogP contribution in [-0.4, -0.2) is 9.97 Å². The molecule has 0 amide bonds. The second kappa shape index (κ2) is 3.44. The molecule has 2 nitrogen and oxygen atoms in total. The second-order valence-electron chi connectivity index (χ2n) is 3.22. The monoisotopic (exact) mass is 212 g/mol. The van der Waals surface area contributed by atoms with Crippen LogP contribution in [0.4, 0.5) is 0 Å². The summed E-state index contributed by atoms with van der Waals surface area (Å²) in [4.78, 5) is 10.8. The molecule has 2 aromatic heterocycles. The van der Waals surface area contributed by atoms with Crippen molar-refractivity contribution in [3.63, 3.8) is 0 Å². The summed E-state index contributed by atoms with van der Waals surface area (Å²) in [6.45, 7) is 0. The van der Waals surface area contributed by atoms with E-state index in [1.54, 1.807) is 23.7 Å². The molecule has 3 aromatic rings. The highest BCUT2D eigenvalue weighted by atomic mass is 32.1. The summed E-state index contributed by atoms with van der Waals surface area (Å²) in [5, 5.41) is 0. The van der Waals surface area contributed by atoms with Gasteiger partial charge in [0.2, 0.25) is 0 Å². The first-order valence-corrected chi connectivity index (χ1v) is 5.51. The van der Waals surface area contributed by atoms with Crippen LogP contribution < -0.4 is 0 Å². The van der Waals surface area contributed by atoms with Gasteiger partial charge in [0.15, 0.2) is 0 Å². The van der Waals surface area contributed by atoms with Crippen LogP contribution in [0.2, 0.25) is 0 Å². The number of hydrogen-bond acceptors (Lipinski definition) is 3. The van der Waals surface area contributed by atoms with Gasteiger partial charge in [-0.2, -0.15) is 0 Å². The third-order valence-corrected chi connectivity index (χ3v) is 3.31. The van der Waals surface area contributed by atoms with E-state index in [9.17, 15) is 0 Å². The number of fused-ring (bicyclic) bond motifs is 1. The maximum absolute atomic E-state index is 4.28. The number of thiophene rings is 1. The summed E-state index contributed by atoms with van der Waals surface area (Å²) in [5.41, 5.74) is 2.20. The van der Waals surface area contributed by atoms with Gasteiger partial charge >= 0.3 is 0 Å². The highest BCUT2D eigenvalue weighted by Crippen LogP contribution is 2.30. The SMILES string of the molecule is c1ccc(-c2cc3nccnc3s2)cc1. The molecule has 0 bridgehead atoms. The van der Waals surface area contributed by atoms with E-state index in [-0.39, 0.29) is 0 Å². The van der Waals surface area contributed by atoms with Gasteiger partial charge in [-0.25, -0.2) is 4.98 Å². The predicted octanol–water partition coefficient (Wildman–Crippen LogP) is 3.36. The number of nitrogens with zero attached hydrogens (tertiary/aromatic N) is 2. The van der Waals surface area contributed by atoms with E-state index in [1.165, 1.54) is 10.4 Å². The average molecular weight is 212 g/mol. The van der Waals surface area contributed by atoms with Crippen molar-refractivity contribution in [2.24, 2.45) is 0 Å². The Morgan fingerprint density at radius 1 is 0.933 bits per heavy atom. The standard InChI is InChI=1S/C12H8N2S/c1-2-4-9(5-3-1)11-8-10-12(15-11)14-7-6-13-10/h1-8H. The van der Waals surface area contributed by atoms with Gasteiger partial charge in [0.05, 0.1) is 0 Å². The normalized spacial score (nSPS) is 10.7. The fraction of sp³-hybridized carbons (Fsp3) is 0. The Kier molecular flexibility index (Phi) is 1.96. The van der Waals surface area contributed by atoms with Crippen LogP contribution in [0.1, 0.15) is 0 Å². The van der Waals surface area contributed by atoms with Crippen LogP contribution in [0.5, 0.6) is 0 Å². The van der Waals surface area contributed by atoms with Gasteiger partial charge < -0.3 is 0 Å². The fourth-order valence-electron chi connectivity index (χ4n) is 1.52. The van der Waals surface area contributed by atoms with Crippen LogP contribution >= 0.6 is 11.3 Å². The summed E-state index contributed by atoms with van der Waals surface area (Å²) in [6.07, 6.45) is 3.46. The summed E-state index contributed by atoms with van der Waals surface area (Å²) < 4.78 is 0. The molecule has 3 rings (SSSR count). The Bertz CT molecular complexity index is 554. The van der Waals surface area contributed by atoms with E-state index in [4.69, 9.17) is 0 Å². The van der Waals surface area contributed by atoms with E-state index in [0.29, 0.717) is 0 Å². The number of rotatable bonds is 1. The molecule has 0 radical (unpaired) electrons. The van der Waals surface area contributed by atoms with Crippen molar-refractivity contribution in [3.05, 3.63) is 48.8 Å². The minimum Gasteiger partial charge on any atom is -0.252 e. The molecule has 0 N–H and O–H groups in total. The van der Waals surface area contributed by atoms with Crippen molar-refractivity contribution in [2.75, 3.05) is 0 Å². The van der Waals surface area contributed by atoms with Gasteiger partial charge in [-0.15, -0.1) is 11.3 Å². The summed E-state index contributed by atoms with van der Waals surface area (Å²) in [6, 6.07) is 12.4. The van der Waals surface area contributed by atoms with Gasteiger partial charge in [0.25, 0.3) is 0 Å². The quantitative estimate of drug-likeness (QED) is 0.618. The van der Waals surface area contributed by atoms with Crippen LogP contribution in [0.3, 0.4) is 0 Å². The van der Waals surface area contributed by atoms with Gasteiger partial charge in [0, 0.05) is 17.3 Å². The largest absolute Gasteiger partial charge is 0.252 e. The highest BCUT2D eigenvalue weighted by Gasteiger charge is 2.04. The van der Waals surface area contributed by atoms with Crippen LogP contribution in [0.25, 0.3) is 20.8 Å². The first-order valence-electron chi connectivity index (χ1n) is 4.69. The highest BCUT2D eigenvalue weighted by molar-refractivity contribution is 7.21.